The minimum Gasteiger partial charge on any atom is -0.493 e. The van der Waals surface area contributed by atoms with Crippen LogP contribution in [0.2, 0.25) is 0 Å². The molecule has 7 heteroatoms. The lowest BCUT2D eigenvalue weighted by Gasteiger charge is -2.16. The van der Waals surface area contributed by atoms with E-state index < -0.39 is 0 Å². The standard InChI is InChI=1S/C23H26FN3O3/c1-28-21-16-18(7-10-20(21)29-15-14-27-12-2-3-13-27)23-25-22(30-26-23)11-6-17-4-8-19(24)9-5-17/h4-5,7-10,16H,2-3,6,11-15H2,1H3. The van der Waals surface area contributed by atoms with Crippen LogP contribution in [0.15, 0.2) is 47.0 Å². The first-order valence-corrected chi connectivity index (χ1v) is 10.3. The van der Waals surface area contributed by atoms with Gasteiger partial charge < -0.3 is 14.0 Å². The molecule has 1 aromatic heterocycles. The maximum atomic E-state index is 13.0. The zero-order chi connectivity index (χ0) is 20.8. The molecular formula is C23H26FN3O3. The molecule has 2 heterocycles. The summed E-state index contributed by atoms with van der Waals surface area (Å²) in [6.07, 6.45) is 3.84. The molecular weight excluding hydrogens is 385 g/mol. The number of halogens is 1. The van der Waals surface area contributed by atoms with Crippen molar-refractivity contribution in [1.29, 1.82) is 0 Å². The highest BCUT2D eigenvalue weighted by atomic mass is 19.1. The average Bonchev–Trinajstić information content (AvgIpc) is 3.46. The van der Waals surface area contributed by atoms with Crippen molar-refractivity contribution in [3.05, 3.63) is 59.7 Å². The fourth-order valence-electron chi connectivity index (χ4n) is 3.59. The van der Waals surface area contributed by atoms with Crippen molar-refractivity contribution in [2.75, 3.05) is 33.4 Å². The molecule has 1 aliphatic rings. The number of likely N-dealkylation sites (tertiary alicyclic amines) is 1. The van der Waals surface area contributed by atoms with E-state index in [2.05, 4.69) is 15.0 Å². The number of aromatic nitrogens is 2. The second-order valence-corrected chi connectivity index (χ2v) is 7.40. The van der Waals surface area contributed by atoms with Gasteiger partial charge in [0.2, 0.25) is 11.7 Å². The van der Waals surface area contributed by atoms with Gasteiger partial charge in [-0.15, -0.1) is 0 Å². The third-order valence-corrected chi connectivity index (χ3v) is 5.29. The minimum atomic E-state index is -0.240. The second kappa shape index (κ2) is 9.71. The summed E-state index contributed by atoms with van der Waals surface area (Å²) >= 11 is 0. The molecule has 4 rings (SSSR count). The summed E-state index contributed by atoms with van der Waals surface area (Å²) < 4.78 is 29.8. The molecule has 0 saturated carbocycles. The van der Waals surface area contributed by atoms with Crippen molar-refractivity contribution in [2.45, 2.75) is 25.7 Å². The lowest BCUT2D eigenvalue weighted by atomic mass is 10.1. The number of hydrogen-bond acceptors (Lipinski definition) is 6. The van der Waals surface area contributed by atoms with Crippen LogP contribution in [-0.2, 0) is 12.8 Å². The molecule has 0 N–H and O–H groups in total. The quantitative estimate of drug-likeness (QED) is 0.527. The van der Waals surface area contributed by atoms with Crippen molar-refractivity contribution in [2.24, 2.45) is 0 Å². The fraction of sp³-hybridized carbons (Fsp3) is 0.391. The Labute approximate surface area is 175 Å². The Morgan fingerprint density at radius 3 is 2.60 bits per heavy atom. The van der Waals surface area contributed by atoms with E-state index in [1.165, 1.54) is 25.0 Å². The number of nitrogens with zero attached hydrogens (tertiary/aromatic N) is 3. The van der Waals surface area contributed by atoms with Crippen molar-refractivity contribution in [3.8, 4) is 22.9 Å². The van der Waals surface area contributed by atoms with Crippen LogP contribution in [0.1, 0.15) is 24.3 Å². The number of hydrogen-bond donors (Lipinski definition) is 0. The van der Waals surface area contributed by atoms with Crippen molar-refractivity contribution in [3.63, 3.8) is 0 Å². The summed E-state index contributed by atoms with van der Waals surface area (Å²) in [4.78, 5) is 6.89. The normalized spacial score (nSPS) is 14.2. The van der Waals surface area contributed by atoms with Crippen LogP contribution in [0.4, 0.5) is 4.39 Å². The van der Waals surface area contributed by atoms with Crippen molar-refractivity contribution < 1.29 is 18.4 Å². The molecule has 1 fully saturated rings. The number of methoxy groups -OCH3 is 1. The highest BCUT2D eigenvalue weighted by Crippen LogP contribution is 2.31. The predicted molar refractivity (Wildman–Crippen MR) is 111 cm³/mol. The molecule has 6 nitrogen and oxygen atoms in total. The van der Waals surface area contributed by atoms with Crippen LogP contribution < -0.4 is 9.47 Å². The molecule has 30 heavy (non-hydrogen) atoms. The van der Waals surface area contributed by atoms with E-state index in [9.17, 15) is 4.39 Å². The summed E-state index contributed by atoms with van der Waals surface area (Å²) in [7, 11) is 1.62. The Bertz CT molecular complexity index is 953. The lowest BCUT2D eigenvalue weighted by molar-refractivity contribution is 0.230. The number of ether oxygens (including phenoxy) is 2. The molecule has 3 aromatic rings. The van der Waals surface area contributed by atoms with Crippen LogP contribution >= 0.6 is 0 Å². The monoisotopic (exact) mass is 411 g/mol. The average molecular weight is 411 g/mol. The number of benzene rings is 2. The van der Waals surface area contributed by atoms with Crippen LogP contribution in [-0.4, -0.2) is 48.4 Å². The Morgan fingerprint density at radius 1 is 1.03 bits per heavy atom. The largest absolute Gasteiger partial charge is 0.493 e. The Hall–Kier alpha value is -2.93. The molecule has 0 atom stereocenters. The van der Waals surface area contributed by atoms with Crippen LogP contribution in [0.3, 0.4) is 0 Å². The number of aryl methyl sites for hydroxylation is 2. The van der Waals surface area contributed by atoms with Crippen molar-refractivity contribution in [1.82, 2.24) is 15.0 Å². The van der Waals surface area contributed by atoms with E-state index in [-0.39, 0.29) is 5.82 Å². The molecule has 0 spiro atoms. The first kappa shape index (κ1) is 20.3. The van der Waals surface area contributed by atoms with Crippen LogP contribution in [0.5, 0.6) is 11.5 Å². The van der Waals surface area contributed by atoms with Gasteiger partial charge in [0, 0.05) is 18.5 Å². The molecule has 1 saturated heterocycles. The molecule has 2 aromatic carbocycles. The van der Waals surface area contributed by atoms with E-state index >= 15 is 0 Å². The third-order valence-electron chi connectivity index (χ3n) is 5.29. The van der Waals surface area contributed by atoms with Gasteiger partial charge in [0.25, 0.3) is 0 Å². The first-order valence-electron chi connectivity index (χ1n) is 10.3. The van der Waals surface area contributed by atoms with E-state index in [1.54, 1.807) is 19.2 Å². The summed E-state index contributed by atoms with van der Waals surface area (Å²) in [5, 5.41) is 4.08. The highest BCUT2D eigenvalue weighted by Gasteiger charge is 2.14. The molecule has 0 bridgehead atoms. The van der Waals surface area contributed by atoms with E-state index in [1.807, 2.05) is 18.2 Å². The summed E-state index contributed by atoms with van der Waals surface area (Å²) in [6, 6.07) is 12.1. The second-order valence-electron chi connectivity index (χ2n) is 7.40. The first-order chi connectivity index (χ1) is 14.7. The maximum absolute atomic E-state index is 13.0. The molecule has 0 unspecified atom stereocenters. The van der Waals surface area contributed by atoms with Gasteiger partial charge in [-0.1, -0.05) is 17.3 Å². The van der Waals surface area contributed by atoms with Gasteiger partial charge in [-0.2, -0.15) is 4.98 Å². The van der Waals surface area contributed by atoms with Gasteiger partial charge in [-0.25, -0.2) is 4.39 Å². The lowest BCUT2D eigenvalue weighted by Crippen LogP contribution is -2.25. The van der Waals surface area contributed by atoms with Gasteiger partial charge in [0.1, 0.15) is 12.4 Å². The van der Waals surface area contributed by atoms with E-state index in [0.717, 1.165) is 30.8 Å². The minimum absolute atomic E-state index is 0.240. The zero-order valence-electron chi connectivity index (χ0n) is 17.1. The van der Waals surface area contributed by atoms with Crippen LogP contribution in [0.25, 0.3) is 11.4 Å². The van der Waals surface area contributed by atoms with Crippen LogP contribution in [0, 0.1) is 5.82 Å². The van der Waals surface area contributed by atoms with Gasteiger partial charge in [-0.05, 0) is 68.2 Å². The van der Waals surface area contributed by atoms with Gasteiger partial charge in [0.05, 0.1) is 7.11 Å². The number of rotatable bonds is 9. The molecule has 0 amide bonds. The van der Waals surface area contributed by atoms with Crippen molar-refractivity contribution >= 4 is 0 Å². The Kier molecular flexibility index (Phi) is 6.59. The summed E-state index contributed by atoms with van der Waals surface area (Å²) in [5.41, 5.74) is 1.82. The van der Waals surface area contributed by atoms with E-state index in [0.29, 0.717) is 42.7 Å². The molecule has 1 aliphatic heterocycles. The summed E-state index contributed by atoms with van der Waals surface area (Å²) in [5.74, 6) is 2.16. The molecule has 0 radical (unpaired) electrons. The zero-order valence-corrected chi connectivity index (χ0v) is 17.1. The Balaban J connectivity index is 1.36. The molecule has 0 aliphatic carbocycles. The van der Waals surface area contributed by atoms with E-state index in [4.69, 9.17) is 14.0 Å². The fourth-order valence-corrected chi connectivity index (χ4v) is 3.59. The SMILES string of the molecule is COc1cc(-c2noc(CCc3ccc(F)cc3)n2)ccc1OCCN1CCCC1. The summed E-state index contributed by atoms with van der Waals surface area (Å²) in [6.45, 7) is 3.86. The topological polar surface area (TPSA) is 60.6 Å². The highest BCUT2D eigenvalue weighted by molar-refractivity contribution is 5.60. The third kappa shape index (κ3) is 5.16. The predicted octanol–water partition coefficient (Wildman–Crippen LogP) is 4.14. The molecule has 158 valence electrons. The smallest absolute Gasteiger partial charge is 0.227 e. The van der Waals surface area contributed by atoms with Gasteiger partial charge in [0.15, 0.2) is 11.5 Å². The maximum Gasteiger partial charge on any atom is 0.227 e. The van der Waals surface area contributed by atoms with Gasteiger partial charge >= 0.3 is 0 Å². The Morgan fingerprint density at radius 2 is 1.83 bits per heavy atom. The van der Waals surface area contributed by atoms with Gasteiger partial charge in [-0.3, -0.25) is 4.90 Å².